The number of aryl methyl sites for hydroxylation is 2. The molecule has 0 saturated carbocycles. The second-order valence-corrected chi connectivity index (χ2v) is 4.04. The van der Waals surface area contributed by atoms with Crippen molar-refractivity contribution >= 4 is 11.6 Å². The van der Waals surface area contributed by atoms with E-state index in [1.165, 1.54) is 11.1 Å². The second kappa shape index (κ2) is 5.27. The molecule has 1 heterocycles. The first-order valence-electron chi connectivity index (χ1n) is 5.76. The Bertz CT molecular complexity index is 485. The maximum atomic E-state index is 5.85. The van der Waals surface area contributed by atoms with Crippen LogP contribution in [0.2, 0.25) is 0 Å². The van der Waals surface area contributed by atoms with Gasteiger partial charge in [0, 0.05) is 0 Å². The van der Waals surface area contributed by atoms with Crippen LogP contribution in [-0.2, 0) is 18.7 Å². The average molecular weight is 251 g/mol. The fourth-order valence-electron chi connectivity index (χ4n) is 1.95. The molecule has 5 heteroatoms. The monoisotopic (exact) mass is 250 g/mol. The zero-order chi connectivity index (χ0) is 12.3. The minimum absolute atomic E-state index is 0.314. The summed E-state index contributed by atoms with van der Waals surface area (Å²) in [6.45, 7) is 4.26. The molecular weight excluding hydrogens is 236 g/mol. The van der Waals surface area contributed by atoms with Crippen LogP contribution in [0.3, 0.4) is 0 Å². The Hall–Kier alpha value is -1.42. The number of tetrazole rings is 1. The maximum Gasteiger partial charge on any atom is 0.171 e. The Morgan fingerprint density at radius 1 is 1.18 bits per heavy atom. The van der Waals surface area contributed by atoms with Crippen molar-refractivity contribution in [2.45, 2.75) is 32.6 Å². The first-order chi connectivity index (χ1) is 8.31. The molecule has 0 unspecified atom stereocenters. The molecule has 0 fully saturated rings. The minimum atomic E-state index is 0.314. The number of nitrogens with zero attached hydrogens (tertiary/aromatic N) is 4. The molecule has 0 aliphatic carbocycles. The van der Waals surface area contributed by atoms with Crippen LogP contribution in [0.25, 0.3) is 5.69 Å². The highest BCUT2D eigenvalue weighted by molar-refractivity contribution is 6.16. The predicted molar refractivity (Wildman–Crippen MR) is 67.5 cm³/mol. The van der Waals surface area contributed by atoms with Gasteiger partial charge in [-0.3, -0.25) is 0 Å². The lowest BCUT2D eigenvalue weighted by Gasteiger charge is -2.13. The molecule has 0 aliphatic heterocycles. The van der Waals surface area contributed by atoms with Gasteiger partial charge in [0.2, 0.25) is 0 Å². The highest BCUT2D eigenvalue weighted by Crippen LogP contribution is 2.21. The van der Waals surface area contributed by atoms with Crippen molar-refractivity contribution in [1.29, 1.82) is 0 Å². The van der Waals surface area contributed by atoms with E-state index in [9.17, 15) is 0 Å². The van der Waals surface area contributed by atoms with Gasteiger partial charge in [-0.1, -0.05) is 32.0 Å². The second-order valence-electron chi connectivity index (χ2n) is 3.77. The molecule has 0 amide bonds. The van der Waals surface area contributed by atoms with Crippen molar-refractivity contribution < 1.29 is 0 Å². The van der Waals surface area contributed by atoms with E-state index in [4.69, 9.17) is 11.6 Å². The smallest absolute Gasteiger partial charge is 0.171 e. The Balaban J connectivity index is 2.64. The summed E-state index contributed by atoms with van der Waals surface area (Å²) < 4.78 is 1.75. The summed E-state index contributed by atoms with van der Waals surface area (Å²) in [5, 5.41) is 11.7. The molecule has 2 aromatic rings. The zero-order valence-corrected chi connectivity index (χ0v) is 10.8. The maximum absolute atomic E-state index is 5.85. The van der Waals surface area contributed by atoms with E-state index >= 15 is 0 Å². The highest BCUT2D eigenvalue weighted by atomic mass is 35.5. The van der Waals surface area contributed by atoms with E-state index < -0.39 is 0 Å². The summed E-state index contributed by atoms with van der Waals surface area (Å²) in [5.41, 5.74) is 3.56. The summed E-state index contributed by atoms with van der Waals surface area (Å²) in [4.78, 5) is 0. The molecule has 17 heavy (non-hydrogen) atoms. The lowest BCUT2D eigenvalue weighted by atomic mass is 10.0. The molecule has 0 aliphatic rings. The summed E-state index contributed by atoms with van der Waals surface area (Å²) in [6, 6.07) is 6.29. The zero-order valence-electron chi connectivity index (χ0n) is 10.0. The summed E-state index contributed by atoms with van der Waals surface area (Å²) in [6.07, 6.45) is 1.90. The van der Waals surface area contributed by atoms with Crippen molar-refractivity contribution in [1.82, 2.24) is 20.2 Å². The predicted octanol–water partition coefficient (Wildman–Crippen LogP) is 2.53. The van der Waals surface area contributed by atoms with Crippen LogP contribution in [0.4, 0.5) is 0 Å². The van der Waals surface area contributed by atoms with Crippen molar-refractivity contribution in [3.63, 3.8) is 0 Å². The van der Waals surface area contributed by atoms with Gasteiger partial charge in [0.05, 0.1) is 11.6 Å². The molecular formula is C12H15ClN4. The Kier molecular flexibility index (Phi) is 3.74. The van der Waals surface area contributed by atoms with Crippen LogP contribution >= 0.6 is 11.6 Å². The van der Waals surface area contributed by atoms with Crippen molar-refractivity contribution in [2.75, 3.05) is 0 Å². The number of hydrogen-bond donors (Lipinski definition) is 0. The third-order valence-corrected chi connectivity index (χ3v) is 3.07. The van der Waals surface area contributed by atoms with Gasteiger partial charge in [0.25, 0.3) is 0 Å². The fourth-order valence-corrected chi connectivity index (χ4v) is 2.12. The first-order valence-corrected chi connectivity index (χ1v) is 6.29. The number of alkyl halides is 1. The lowest BCUT2D eigenvalue weighted by Crippen LogP contribution is -2.08. The van der Waals surface area contributed by atoms with Crippen LogP contribution in [0.1, 0.15) is 30.8 Å². The van der Waals surface area contributed by atoms with Crippen molar-refractivity contribution in [2.24, 2.45) is 0 Å². The van der Waals surface area contributed by atoms with E-state index in [1.54, 1.807) is 4.68 Å². The number of halogens is 1. The van der Waals surface area contributed by atoms with Crippen LogP contribution in [0.15, 0.2) is 18.2 Å². The van der Waals surface area contributed by atoms with Gasteiger partial charge in [-0.2, -0.15) is 4.68 Å². The van der Waals surface area contributed by atoms with E-state index in [0.717, 1.165) is 18.5 Å². The quantitative estimate of drug-likeness (QED) is 0.784. The summed E-state index contributed by atoms with van der Waals surface area (Å²) in [5.74, 6) is 0.996. The largest absolute Gasteiger partial charge is 0.196 e. The Morgan fingerprint density at radius 3 is 2.35 bits per heavy atom. The number of para-hydroxylation sites is 1. The standard InChI is InChI=1S/C12H15ClN4/c1-3-9-6-5-7-10(4-2)12(9)17-11(8-13)14-15-16-17/h5-7H,3-4,8H2,1-2H3. The number of benzene rings is 1. The molecule has 90 valence electrons. The molecule has 1 aromatic heterocycles. The SMILES string of the molecule is CCc1cccc(CC)c1-n1nnnc1CCl. The molecule has 0 spiro atoms. The summed E-state index contributed by atoms with van der Waals surface area (Å²) >= 11 is 5.85. The molecule has 2 rings (SSSR count). The molecule has 0 bridgehead atoms. The lowest BCUT2D eigenvalue weighted by molar-refractivity contribution is 0.760. The van der Waals surface area contributed by atoms with Crippen molar-refractivity contribution in [3.05, 3.63) is 35.2 Å². The molecule has 0 radical (unpaired) electrons. The van der Waals surface area contributed by atoms with E-state index in [2.05, 4.69) is 47.6 Å². The van der Waals surface area contributed by atoms with Crippen LogP contribution in [-0.4, -0.2) is 20.2 Å². The minimum Gasteiger partial charge on any atom is -0.196 e. The van der Waals surface area contributed by atoms with Gasteiger partial charge in [-0.25, -0.2) is 0 Å². The Labute approximate surface area is 106 Å². The third kappa shape index (κ3) is 2.17. The Morgan fingerprint density at radius 2 is 1.82 bits per heavy atom. The normalized spacial score (nSPS) is 10.8. The van der Waals surface area contributed by atoms with Crippen molar-refractivity contribution in [3.8, 4) is 5.69 Å². The van der Waals surface area contributed by atoms with Gasteiger partial charge >= 0.3 is 0 Å². The molecule has 0 atom stereocenters. The van der Waals surface area contributed by atoms with Crippen LogP contribution in [0, 0.1) is 0 Å². The average Bonchev–Trinajstić information content (AvgIpc) is 2.85. The summed E-state index contributed by atoms with van der Waals surface area (Å²) in [7, 11) is 0. The van der Waals surface area contributed by atoms with Gasteiger partial charge in [-0.05, 0) is 34.4 Å². The van der Waals surface area contributed by atoms with E-state index in [-0.39, 0.29) is 0 Å². The van der Waals surface area contributed by atoms with Gasteiger partial charge in [-0.15, -0.1) is 16.7 Å². The van der Waals surface area contributed by atoms with Gasteiger partial charge in [0.1, 0.15) is 0 Å². The fraction of sp³-hybridized carbons (Fsp3) is 0.417. The van der Waals surface area contributed by atoms with E-state index in [0.29, 0.717) is 11.7 Å². The number of hydrogen-bond acceptors (Lipinski definition) is 3. The molecule has 0 N–H and O–H groups in total. The van der Waals surface area contributed by atoms with E-state index in [1.807, 2.05) is 0 Å². The third-order valence-electron chi connectivity index (χ3n) is 2.83. The van der Waals surface area contributed by atoms with Crippen LogP contribution < -0.4 is 0 Å². The van der Waals surface area contributed by atoms with Gasteiger partial charge < -0.3 is 0 Å². The molecule has 4 nitrogen and oxygen atoms in total. The molecule has 0 saturated heterocycles. The molecule has 1 aromatic carbocycles. The van der Waals surface area contributed by atoms with Crippen LogP contribution in [0.5, 0.6) is 0 Å². The number of aromatic nitrogens is 4. The van der Waals surface area contributed by atoms with Gasteiger partial charge in [0.15, 0.2) is 5.82 Å². The number of rotatable bonds is 4. The topological polar surface area (TPSA) is 43.6 Å². The highest BCUT2D eigenvalue weighted by Gasteiger charge is 2.13. The first kappa shape index (κ1) is 12.0.